The van der Waals surface area contributed by atoms with E-state index in [9.17, 15) is 0 Å². The lowest BCUT2D eigenvalue weighted by Crippen LogP contribution is -1.92. The normalized spacial score (nSPS) is 11.4. The van der Waals surface area contributed by atoms with Crippen molar-refractivity contribution in [2.45, 2.75) is 0 Å². The molecule has 0 spiro atoms. The van der Waals surface area contributed by atoms with Gasteiger partial charge in [-0.15, -0.1) is 0 Å². The van der Waals surface area contributed by atoms with Crippen LogP contribution in [0.4, 0.5) is 5.82 Å². The number of nitrogens with one attached hydrogen (secondary N) is 2. The van der Waals surface area contributed by atoms with E-state index in [1.165, 1.54) is 0 Å². The van der Waals surface area contributed by atoms with Gasteiger partial charge in [-0.3, -0.25) is 0 Å². The lowest BCUT2D eigenvalue weighted by atomic mass is 10.1. The second-order valence-electron chi connectivity index (χ2n) is 6.01. The third kappa shape index (κ3) is 2.25. The Kier molecular flexibility index (Phi) is 2.87. The fourth-order valence-corrected chi connectivity index (χ4v) is 3.17. The molecule has 5 heteroatoms. The summed E-state index contributed by atoms with van der Waals surface area (Å²) in [5.41, 5.74) is 11.6. The summed E-state index contributed by atoms with van der Waals surface area (Å²) in [7, 11) is 0. The number of aromatic nitrogens is 4. The van der Waals surface area contributed by atoms with E-state index in [0.29, 0.717) is 11.5 Å². The van der Waals surface area contributed by atoms with Crippen LogP contribution in [0.2, 0.25) is 0 Å². The van der Waals surface area contributed by atoms with Gasteiger partial charge in [0.15, 0.2) is 5.65 Å². The Balaban J connectivity index is 1.76. The van der Waals surface area contributed by atoms with Crippen molar-refractivity contribution in [2.75, 3.05) is 5.73 Å². The summed E-state index contributed by atoms with van der Waals surface area (Å²) in [6.07, 6.45) is 0. The molecule has 5 nitrogen and oxygen atoms in total. The van der Waals surface area contributed by atoms with Gasteiger partial charge in [-0.05, 0) is 18.2 Å². The van der Waals surface area contributed by atoms with Crippen molar-refractivity contribution >= 4 is 27.9 Å². The van der Waals surface area contributed by atoms with Gasteiger partial charge >= 0.3 is 0 Å². The van der Waals surface area contributed by atoms with Crippen molar-refractivity contribution in [1.29, 1.82) is 0 Å². The molecule has 0 saturated carbocycles. The van der Waals surface area contributed by atoms with Crippen LogP contribution in [-0.4, -0.2) is 19.9 Å². The number of hydrogen-bond donors (Lipinski definition) is 3. The Morgan fingerprint density at radius 1 is 0.800 bits per heavy atom. The van der Waals surface area contributed by atoms with Gasteiger partial charge in [0.2, 0.25) is 0 Å². The van der Waals surface area contributed by atoms with Crippen LogP contribution in [0, 0.1) is 0 Å². The van der Waals surface area contributed by atoms with E-state index < -0.39 is 0 Å². The number of pyridine rings is 1. The Morgan fingerprint density at radius 3 is 2.44 bits per heavy atom. The van der Waals surface area contributed by atoms with E-state index in [1.807, 2.05) is 48.5 Å². The highest BCUT2D eigenvalue weighted by Crippen LogP contribution is 2.31. The number of fused-ring (bicyclic) bond motifs is 2. The molecule has 0 aliphatic rings. The van der Waals surface area contributed by atoms with Crippen LogP contribution in [0.25, 0.3) is 44.7 Å². The van der Waals surface area contributed by atoms with Gasteiger partial charge in [-0.1, -0.05) is 48.5 Å². The minimum atomic E-state index is 0.451. The van der Waals surface area contributed by atoms with Crippen molar-refractivity contribution < 1.29 is 0 Å². The maximum absolute atomic E-state index is 6.03. The molecule has 0 aliphatic heterocycles. The fourth-order valence-electron chi connectivity index (χ4n) is 3.17. The van der Waals surface area contributed by atoms with Crippen molar-refractivity contribution in [3.8, 4) is 22.6 Å². The topological polar surface area (TPSA) is 83.4 Å². The van der Waals surface area contributed by atoms with Crippen molar-refractivity contribution in [1.82, 2.24) is 19.9 Å². The number of aromatic amines is 2. The molecule has 0 saturated heterocycles. The highest BCUT2D eigenvalue weighted by molar-refractivity contribution is 5.96. The van der Waals surface area contributed by atoms with Crippen molar-refractivity contribution in [3.63, 3.8) is 0 Å². The van der Waals surface area contributed by atoms with Crippen molar-refractivity contribution in [2.24, 2.45) is 0 Å². The summed E-state index contributed by atoms with van der Waals surface area (Å²) >= 11 is 0. The maximum atomic E-state index is 6.03. The summed E-state index contributed by atoms with van der Waals surface area (Å²) in [5, 5.41) is 1.16. The second kappa shape index (κ2) is 5.21. The molecule has 4 N–H and O–H groups in total. The third-order valence-electron chi connectivity index (χ3n) is 4.35. The number of H-pyrrole nitrogens is 2. The first-order valence-electron chi connectivity index (χ1n) is 8.08. The predicted molar refractivity (Wildman–Crippen MR) is 101 cm³/mol. The van der Waals surface area contributed by atoms with E-state index in [4.69, 9.17) is 5.73 Å². The summed E-state index contributed by atoms with van der Waals surface area (Å²) in [4.78, 5) is 15.9. The molecule has 3 heterocycles. The lowest BCUT2D eigenvalue weighted by molar-refractivity contribution is 1.30. The summed E-state index contributed by atoms with van der Waals surface area (Å²) in [5.74, 6) is 1.23. The number of hydrogen-bond acceptors (Lipinski definition) is 3. The van der Waals surface area contributed by atoms with Crippen LogP contribution in [-0.2, 0) is 0 Å². The van der Waals surface area contributed by atoms with Gasteiger partial charge in [-0.2, -0.15) is 0 Å². The Bertz CT molecular complexity index is 1170. The second-order valence-corrected chi connectivity index (χ2v) is 6.01. The molecule has 0 bridgehead atoms. The highest BCUT2D eigenvalue weighted by Gasteiger charge is 2.14. The Labute approximate surface area is 143 Å². The number of para-hydroxylation sites is 1. The number of imidazole rings is 1. The molecule has 3 aromatic heterocycles. The molecule has 0 atom stereocenters. The summed E-state index contributed by atoms with van der Waals surface area (Å²) in [6.45, 7) is 0. The quantitative estimate of drug-likeness (QED) is 0.451. The van der Waals surface area contributed by atoms with Gasteiger partial charge in [0, 0.05) is 27.7 Å². The van der Waals surface area contributed by atoms with Gasteiger partial charge in [0.1, 0.15) is 11.6 Å². The van der Waals surface area contributed by atoms with Crippen LogP contribution >= 0.6 is 0 Å². The zero-order chi connectivity index (χ0) is 16.8. The number of nitrogens with zero attached hydrogens (tertiary/aromatic N) is 2. The monoisotopic (exact) mass is 325 g/mol. The molecule has 0 aliphatic carbocycles. The van der Waals surface area contributed by atoms with E-state index >= 15 is 0 Å². The number of anilines is 1. The minimum absolute atomic E-state index is 0.451. The van der Waals surface area contributed by atoms with Gasteiger partial charge < -0.3 is 15.7 Å². The molecule has 5 rings (SSSR count). The maximum Gasteiger partial charge on any atom is 0.180 e. The number of benzene rings is 2. The smallest absolute Gasteiger partial charge is 0.180 e. The zero-order valence-corrected chi connectivity index (χ0v) is 13.3. The van der Waals surface area contributed by atoms with Crippen LogP contribution in [0.15, 0.2) is 66.7 Å². The van der Waals surface area contributed by atoms with E-state index in [0.717, 1.165) is 39.1 Å². The molecular formula is C20H15N5. The Hall–Kier alpha value is -3.60. The molecule has 25 heavy (non-hydrogen) atoms. The van der Waals surface area contributed by atoms with Crippen LogP contribution in [0.3, 0.4) is 0 Å². The summed E-state index contributed by atoms with van der Waals surface area (Å²) < 4.78 is 0. The van der Waals surface area contributed by atoms with Crippen LogP contribution in [0.1, 0.15) is 0 Å². The predicted octanol–water partition coefficient (Wildman–Crippen LogP) is 4.36. The van der Waals surface area contributed by atoms with Gasteiger partial charge in [0.05, 0.1) is 5.52 Å². The van der Waals surface area contributed by atoms with Gasteiger partial charge in [-0.25, -0.2) is 9.97 Å². The number of nitrogen functional groups attached to an aromatic ring is 1. The molecule has 120 valence electrons. The first kappa shape index (κ1) is 13.8. The molecule has 2 aromatic carbocycles. The van der Waals surface area contributed by atoms with Gasteiger partial charge in [0.25, 0.3) is 0 Å². The van der Waals surface area contributed by atoms with E-state index in [2.05, 4.69) is 38.1 Å². The SMILES string of the molecule is Nc1cc(-c2cc3ccccc3[nH]2)c2[nH]c(-c3ccccc3)nc2n1. The molecule has 0 fully saturated rings. The molecule has 0 unspecified atom stereocenters. The Morgan fingerprint density at radius 2 is 1.60 bits per heavy atom. The van der Waals surface area contributed by atoms with Crippen LogP contribution < -0.4 is 5.73 Å². The largest absolute Gasteiger partial charge is 0.384 e. The highest BCUT2D eigenvalue weighted by atomic mass is 15.0. The first-order chi connectivity index (χ1) is 12.3. The molecule has 0 radical (unpaired) electrons. The minimum Gasteiger partial charge on any atom is -0.384 e. The third-order valence-corrected chi connectivity index (χ3v) is 4.35. The summed E-state index contributed by atoms with van der Waals surface area (Å²) in [6, 6.07) is 22.2. The van der Waals surface area contributed by atoms with Crippen molar-refractivity contribution in [3.05, 3.63) is 66.7 Å². The fraction of sp³-hybridized carbons (Fsp3) is 0. The average Bonchev–Trinajstić information content (AvgIpc) is 3.25. The first-order valence-corrected chi connectivity index (χ1v) is 8.08. The lowest BCUT2D eigenvalue weighted by Gasteiger charge is -2.01. The number of rotatable bonds is 2. The molecular weight excluding hydrogens is 310 g/mol. The van der Waals surface area contributed by atoms with E-state index in [1.54, 1.807) is 0 Å². The van der Waals surface area contributed by atoms with Crippen LogP contribution in [0.5, 0.6) is 0 Å². The average molecular weight is 325 g/mol. The number of nitrogens with two attached hydrogens (primary N) is 1. The zero-order valence-electron chi connectivity index (χ0n) is 13.3. The molecule has 0 amide bonds. The standard InChI is InChI=1S/C20H15N5/c21-17-11-14(16-10-13-8-4-5-9-15(13)22-16)18-20(23-17)25-19(24-18)12-6-2-1-3-7-12/h1-11,22H,(H3,21,23,24,25). The van der Waals surface area contributed by atoms with E-state index in [-0.39, 0.29) is 0 Å². The molecule has 5 aromatic rings.